The maximum absolute atomic E-state index is 12.3. The first kappa shape index (κ1) is 20.3. The number of primary amides is 1. The Morgan fingerprint density at radius 3 is 2.34 bits per heavy atom. The number of nitrogens with one attached hydrogen (secondary N) is 1. The van der Waals surface area contributed by atoms with Gasteiger partial charge in [-0.25, -0.2) is 0 Å². The Morgan fingerprint density at radius 1 is 1.03 bits per heavy atom. The number of rotatable bonds is 8. The molecule has 0 aliphatic carbocycles. The van der Waals surface area contributed by atoms with E-state index in [2.05, 4.69) is 29.3 Å². The summed E-state index contributed by atoms with van der Waals surface area (Å²) in [6, 6.07) is 16.0. The Morgan fingerprint density at radius 2 is 1.72 bits per heavy atom. The summed E-state index contributed by atoms with van der Waals surface area (Å²) in [5, 5.41) is 6.64. The Hall–Kier alpha value is -3.48. The van der Waals surface area contributed by atoms with Gasteiger partial charge in [0.2, 0.25) is 23.5 Å². The van der Waals surface area contributed by atoms with Crippen molar-refractivity contribution in [3.8, 4) is 11.4 Å². The molecule has 0 saturated carbocycles. The molecule has 1 atom stereocenters. The number of amides is 2. The van der Waals surface area contributed by atoms with E-state index in [0.717, 1.165) is 5.56 Å². The fraction of sp³-hybridized carbons (Fsp3) is 0.273. The van der Waals surface area contributed by atoms with Gasteiger partial charge in [-0.2, -0.15) is 4.98 Å². The highest BCUT2D eigenvalue weighted by molar-refractivity contribution is 5.87. The second kappa shape index (κ2) is 9.14. The van der Waals surface area contributed by atoms with E-state index in [9.17, 15) is 9.59 Å². The Labute approximate surface area is 169 Å². The third kappa shape index (κ3) is 5.28. The van der Waals surface area contributed by atoms with Crippen LogP contribution in [0.2, 0.25) is 0 Å². The van der Waals surface area contributed by atoms with Crippen molar-refractivity contribution in [2.24, 2.45) is 5.73 Å². The van der Waals surface area contributed by atoms with E-state index in [1.807, 2.05) is 30.3 Å². The predicted molar refractivity (Wildman–Crippen MR) is 109 cm³/mol. The lowest BCUT2D eigenvalue weighted by molar-refractivity contribution is -0.127. The summed E-state index contributed by atoms with van der Waals surface area (Å²) >= 11 is 0. The van der Waals surface area contributed by atoms with Crippen LogP contribution in [0.15, 0.2) is 59.1 Å². The van der Waals surface area contributed by atoms with Crippen molar-refractivity contribution in [2.45, 2.75) is 38.6 Å². The van der Waals surface area contributed by atoms with Gasteiger partial charge >= 0.3 is 0 Å². The van der Waals surface area contributed by atoms with Gasteiger partial charge in [0.15, 0.2) is 0 Å². The molecule has 0 bridgehead atoms. The normalized spacial score (nSPS) is 12.0. The van der Waals surface area contributed by atoms with Crippen LogP contribution in [-0.4, -0.2) is 22.0 Å². The first-order chi connectivity index (χ1) is 13.9. The van der Waals surface area contributed by atoms with E-state index >= 15 is 0 Å². The quantitative estimate of drug-likeness (QED) is 0.612. The summed E-state index contributed by atoms with van der Waals surface area (Å²) in [7, 11) is 0. The van der Waals surface area contributed by atoms with Crippen molar-refractivity contribution in [1.82, 2.24) is 15.5 Å². The maximum Gasteiger partial charge on any atom is 0.244 e. The van der Waals surface area contributed by atoms with Crippen LogP contribution < -0.4 is 11.1 Å². The number of carbonyl (C=O) groups is 2. The molecule has 0 aliphatic rings. The summed E-state index contributed by atoms with van der Waals surface area (Å²) in [6.07, 6.45) is 0.369. The van der Waals surface area contributed by atoms with Crippen molar-refractivity contribution < 1.29 is 14.1 Å². The fourth-order valence-electron chi connectivity index (χ4n) is 2.91. The third-order valence-electron chi connectivity index (χ3n) is 4.59. The van der Waals surface area contributed by atoms with Crippen LogP contribution >= 0.6 is 0 Å². The zero-order chi connectivity index (χ0) is 20.8. The van der Waals surface area contributed by atoms with Crippen LogP contribution in [0.25, 0.3) is 11.4 Å². The van der Waals surface area contributed by atoms with Crippen molar-refractivity contribution in [3.05, 3.63) is 71.6 Å². The van der Waals surface area contributed by atoms with Gasteiger partial charge < -0.3 is 15.6 Å². The maximum atomic E-state index is 12.3. The lowest BCUT2D eigenvalue weighted by Gasteiger charge is -2.15. The summed E-state index contributed by atoms with van der Waals surface area (Å²) in [5.74, 6) is 0.352. The zero-order valence-electron chi connectivity index (χ0n) is 16.5. The predicted octanol–water partition coefficient (Wildman–Crippen LogP) is 3.14. The summed E-state index contributed by atoms with van der Waals surface area (Å²) in [5.41, 5.74) is 8.15. The molecule has 0 fully saturated rings. The number of carbonyl (C=O) groups excluding carboxylic acids is 2. The SMILES string of the molecule is CC(C)c1ccc(-c2noc(CCC(=O)NC(C(N)=O)c3ccccc3)n2)cc1. The molecule has 7 nitrogen and oxygen atoms in total. The molecule has 3 aromatic rings. The van der Waals surface area contributed by atoms with Gasteiger partial charge in [0, 0.05) is 18.4 Å². The summed E-state index contributed by atoms with van der Waals surface area (Å²) in [4.78, 5) is 28.3. The van der Waals surface area contributed by atoms with Gasteiger partial charge in [-0.3, -0.25) is 9.59 Å². The first-order valence-electron chi connectivity index (χ1n) is 9.50. The second-order valence-electron chi connectivity index (χ2n) is 7.10. The molecule has 3 N–H and O–H groups in total. The van der Waals surface area contributed by atoms with Crippen LogP contribution in [0.5, 0.6) is 0 Å². The van der Waals surface area contributed by atoms with E-state index < -0.39 is 11.9 Å². The van der Waals surface area contributed by atoms with Crippen LogP contribution in [0.3, 0.4) is 0 Å². The van der Waals surface area contributed by atoms with Crippen LogP contribution in [0.4, 0.5) is 0 Å². The van der Waals surface area contributed by atoms with Gasteiger partial charge in [-0.15, -0.1) is 0 Å². The zero-order valence-corrected chi connectivity index (χ0v) is 16.5. The smallest absolute Gasteiger partial charge is 0.244 e. The molecule has 29 heavy (non-hydrogen) atoms. The van der Waals surface area contributed by atoms with Gasteiger partial charge in [0.05, 0.1) is 0 Å². The minimum Gasteiger partial charge on any atom is -0.368 e. The van der Waals surface area contributed by atoms with Gasteiger partial charge in [-0.05, 0) is 17.0 Å². The number of hydrogen-bond acceptors (Lipinski definition) is 5. The second-order valence-corrected chi connectivity index (χ2v) is 7.10. The Kier molecular flexibility index (Phi) is 6.39. The van der Waals surface area contributed by atoms with Crippen LogP contribution in [-0.2, 0) is 16.0 Å². The fourth-order valence-corrected chi connectivity index (χ4v) is 2.91. The Balaban J connectivity index is 1.58. The molecule has 150 valence electrons. The number of hydrogen-bond donors (Lipinski definition) is 2. The highest BCUT2D eigenvalue weighted by atomic mass is 16.5. The lowest BCUT2D eigenvalue weighted by Crippen LogP contribution is -2.37. The topological polar surface area (TPSA) is 111 Å². The van der Waals surface area contributed by atoms with Crippen molar-refractivity contribution >= 4 is 11.8 Å². The molecule has 0 aliphatic heterocycles. The van der Waals surface area contributed by atoms with Crippen LogP contribution in [0, 0.1) is 0 Å². The molecular weight excluding hydrogens is 368 g/mol. The van der Waals surface area contributed by atoms with E-state index in [1.165, 1.54) is 5.56 Å². The van der Waals surface area contributed by atoms with Gasteiger partial charge in [0.25, 0.3) is 0 Å². The van der Waals surface area contributed by atoms with Gasteiger partial charge in [0.1, 0.15) is 6.04 Å². The molecule has 0 spiro atoms. The number of nitrogens with two attached hydrogens (primary N) is 1. The summed E-state index contributed by atoms with van der Waals surface area (Å²) < 4.78 is 5.25. The van der Waals surface area contributed by atoms with Crippen LogP contribution in [0.1, 0.15) is 49.2 Å². The van der Waals surface area contributed by atoms with Crippen molar-refractivity contribution in [1.29, 1.82) is 0 Å². The van der Waals surface area contributed by atoms with Crippen molar-refractivity contribution in [3.63, 3.8) is 0 Å². The molecule has 1 heterocycles. The number of aryl methyl sites for hydroxylation is 1. The highest BCUT2D eigenvalue weighted by Crippen LogP contribution is 2.21. The first-order valence-corrected chi connectivity index (χ1v) is 9.50. The van der Waals surface area contributed by atoms with Gasteiger partial charge in [-0.1, -0.05) is 73.6 Å². The molecular formula is C22H24N4O3. The highest BCUT2D eigenvalue weighted by Gasteiger charge is 2.20. The third-order valence-corrected chi connectivity index (χ3v) is 4.59. The minimum atomic E-state index is -0.874. The van der Waals surface area contributed by atoms with E-state index in [-0.39, 0.29) is 18.7 Å². The molecule has 0 saturated heterocycles. The molecule has 0 radical (unpaired) electrons. The monoisotopic (exact) mass is 392 g/mol. The molecule has 2 amide bonds. The molecule has 7 heteroatoms. The molecule has 1 aromatic heterocycles. The average Bonchev–Trinajstić information content (AvgIpc) is 3.20. The molecule has 2 aromatic carbocycles. The largest absolute Gasteiger partial charge is 0.368 e. The van der Waals surface area contributed by atoms with E-state index in [4.69, 9.17) is 10.3 Å². The van der Waals surface area contributed by atoms with E-state index in [1.54, 1.807) is 24.3 Å². The average molecular weight is 392 g/mol. The van der Waals surface area contributed by atoms with Crippen molar-refractivity contribution in [2.75, 3.05) is 0 Å². The summed E-state index contributed by atoms with van der Waals surface area (Å²) in [6.45, 7) is 4.26. The molecule has 1 unspecified atom stereocenters. The minimum absolute atomic E-state index is 0.102. The number of aromatic nitrogens is 2. The number of benzene rings is 2. The molecule has 3 rings (SSSR count). The standard InChI is InChI=1S/C22H24N4O3/c1-14(2)15-8-10-17(11-9-15)22-25-19(29-26-22)13-12-18(27)24-20(21(23)28)16-6-4-3-5-7-16/h3-11,14,20H,12-13H2,1-2H3,(H2,23,28)(H,24,27). The Bertz CT molecular complexity index is 965. The van der Waals surface area contributed by atoms with E-state index in [0.29, 0.717) is 23.2 Å². The number of nitrogens with zero attached hydrogens (tertiary/aromatic N) is 2. The lowest BCUT2D eigenvalue weighted by atomic mass is 10.0.